The van der Waals surface area contributed by atoms with Crippen LogP contribution in [0.2, 0.25) is 0 Å². The average Bonchev–Trinajstić information content (AvgIpc) is 3.26. The lowest BCUT2D eigenvalue weighted by molar-refractivity contribution is 0.0369. The van der Waals surface area contributed by atoms with Gasteiger partial charge < -0.3 is 5.32 Å². The van der Waals surface area contributed by atoms with E-state index in [1.54, 1.807) is 0 Å². The van der Waals surface area contributed by atoms with Crippen LogP contribution in [0, 0.1) is 12.8 Å². The first kappa shape index (κ1) is 14.1. The van der Waals surface area contributed by atoms with Gasteiger partial charge in [0.2, 0.25) is 0 Å². The van der Waals surface area contributed by atoms with Crippen molar-refractivity contribution < 1.29 is 0 Å². The number of hydrogen-bond donors (Lipinski definition) is 1. The lowest BCUT2D eigenvalue weighted by Crippen LogP contribution is -2.63. The zero-order valence-corrected chi connectivity index (χ0v) is 13.2. The highest BCUT2D eigenvalue weighted by Gasteiger charge is 2.41. The van der Waals surface area contributed by atoms with Gasteiger partial charge in [0.05, 0.1) is 0 Å². The maximum Gasteiger partial charge on any atom is 0.0307 e. The summed E-state index contributed by atoms with van der Waals surface area (Å²) in [6, 6.07) is 9.71. The van der Waals surface area contributed by atoms with Gasteiger partial charge in [0, 0.05) is 31.2 Å². The van der Waals surface area contributed by atoms with Gasteiger partial charge >= 0.3 is 0 Å². The molecule has 2 nitrogen and oxygen atoms in total. The molecular weight excluding hydrogens is 244 g/mol. The highest BCUT2D eigenvalue weighted by atomic mass is 15.3. The molecule has 1 saturated carbocycles. The van der Waals surface area contributed by atoms with Crippen LogP contribution < -0.4 is 5.32 Å². The Hall–Kier alpha value is -0.860. The lowest BCUT2D eigenvalue weighted by atomic mass is 9.90. The van der Waals surface area contributed by atoms with Crippen LogP contribution in [0.4, 0.5) is 0 Å². The number of benzene rings is 1. The molecule has 1 aromatic rings. The van der Waals surface area contributed by atoms with Crippen molar-refractivity contribution in [3.05, 3.63) is 35.4 Å². The Bertz CT molecular complexity index is 466. The number of hydrogen-bond acceptors (Lipinski definition) is 2. The standard InChI is InChI=1S/C18H28N2/c1-4-18(3)13-19-17(16-8-9-16)12-20(18)11-15-7-5-6-14(2)10-15/h5-7,10,16-17,19H,4,8-9,11-13H2,1-3H3. The van der Waals surface area contributed by atoms with Gasteiger partial charge in [-0.15, -0.1) is 0 Å². The fourth-order valence-corrected chi connectivity index (χ4v) is 3.43. The summed E-state index contributed by atoms with van der Waals surface area (Å²) in [6.07, 6.45) is 4.07. The molecule has 3 rings (SSSR count). The number of rotatable bonds is 4. The second-order valence-electron chi connectivity index (χ2n) is 7.04. The summed E-state index contributed by atoms with van der Waals surface area (Å²) in [6.45, 7) is 10.4. The molecule has 2 unspecified atom stereocenters. The van der Waals surface area contributed by atoms with Crippen LogP contribution in [0.5, 0.6) is 0 Å². The number of nitrogens with one attached hydrogen (secondary N) is 1. The Kier molecular flexibility index (Phi) is 3.87. The first-order valence-electron chi connectivity index (χ1n) is 8.15. The first-order valence-corrected chi connectivity index (χ1v) is 8.15. The van der Waals surface area contributed by atoms with E-state index in [9.17, 15) is 0 Å². The Morgan fingerprint density at radius 1 is 1.35 bits per heavy atom. The third-order valence-electron chi connectivity index (χ3n) is 5.33. The van der Waals surface area contributed by atoms with Gasteiger partial charge in [-0.25, -0.2) is 0 Å². The van der Waals surface area contributed by atoms with Crippen LogP contribution in [-0.4, -0.2) is 29.6 Å². The third kappa shape index (κ3) is 2.91. The van der Waals surface area contributed by atoms with Crippen LogP contribution in [0.3, 0.4) is 0 Å². The Morgan fingerprint density at radius 2 is 2.15 bits per heavy atom. The summed E-state index contributed by atoms with van der Waals surface area (Å²) in [7, 11) is 0. The van der Waals surface area contributed by atoms with E-state index in [1.165, 1.54) is 36.9 Å². The van der Waals surface area contributed by atoms with Gasteiger partial charge in [-0.2, -0.15) is 0 Å². The Morgan fingerprint density at radius 3 is 2.80 bits per heavy atom. The normalized spacial score (nSPS) is 31.4. The molecule has 1 heterocycles. The van der Waals surface area contributed by atoms with Crippen molar-refractivity contribution in [3.63, 3.8) is 0 Å². The van der Waals surface area contributed by atoms with Crippen LogP contribution in [-0.2, 0) is 6.54 Å². The van der Waals surface area contributed by atoms with Gasteiger partial charge in [0.15, 0.2) is 0 Å². The minimum absolute atomic E-state index is 0.301. The van der Waals surface area contributed by atoms with E-state index < -0.39 is 0 Å². The molecule has 0 bridgehead atoms. The second kappa shape index (κ2) is 5.50. The van der Waals surface area contributed by atoms with Crippen LogP contribution in [0.1, 0.15) is 44.2 Å². The van der Waals surface area contributed by atoms with E-state index in [2.05, 4.69) is 55.3 Å². The van der Waals surface area contributed by atoms with E-state index in [1.807, 2.05) is 0 Å². The van der Waals surface area contributed by atoms with Crippen molar-refractivity contribution >= 4 is 0 Å². The maximum atomic E-state index is 3.81. The lowest BCUT2D eigenvalue weighted by Gasteiger charge is -2.48. The van der Waals surface area contributed by atoms with E-state index in [-0.39, 0.29) is 0 Å². The molecule has 1 aromatic carbocycles. The summed E-state index contributed by atoms with van der Waals surface area (Å²) in [4.78, 5) is 2.72. The fraction of sp³-hybridized carbons (Fsp3) is 0.667. The van der Waals surface area contributed by atoms with Gasteiger partial charge in [0.25, 0.3) is 0 Å². The SMILES string of the molecule is CCC1(C)CNC(C2CC2)CN1Cc1cccc(C)c1. The molecule has 1 aliphatic carbocycles. The van der Waals surface area contributed by atoms with Crippen molar-refractivity contribution in [3.8, 4) is 0 Å². The first-order chi connectivity index (χ1) is 9.60. The molecule has 0 radical (unpaired) electrons. The zero-order valence-electron chi connectivity index (χ0n) is 13.2. The quantitative estimate of drug-likeness (QED) is 0.904. The second-order valence-corrected chi connectivity index (χ2v) is 7.04. The molecule has 2 fully saturated rings. The maximum absolute atomic E-state index is 3.81. The Balaban J connectivity index is 1.75. The van der Waals surface area contributed by atoms with E-state index in [0.717, 1.165) is 25.0 Å². The summed E-state index contributed by atoms with van der Waals surface area (Å²) >= 11 is 0. The third-order valence-corrected chi connectivity index (χ3v) is 5.33. The van der Waals surface area contributed by atoms with E-state index in [4.69, 9.17) is 0 Å². The van der Waals surface area contributed by atoms with E-state index >= 15 is 0 Å². The van der Waals surface area contributed by atoms with E-state index in [0.29, 0.717) is 5.54 Å². The summed E-state index contributed by atoms with van der Waals surface area (Å²) in [5, 5.41) is 3.81. The number of nitrogens with zero attached hydrogens (tertiary/aromatic N) is 1. The monoisotopic (exact) mass is 272 g/mol. The van der Waals surface area contributed by atoms with Crippen LogP contribution in [0.25, 0.3) is 0 Å². The van der Waals surface area contributed by atoms with Gasteiger partial charge in [-0.05, 0) is 44.6 Å². The summed E-state index contributed by atoms with van der Waals surface area (Å²) < 4.78 is 0. The van der Waals surface area contributed by atoms with Gasteiger partial charge in [0.1, 0.15) is 0 Å². The predicted molar refractivity (Wildman–Crippen MR) is 84.8 cm³/mol. The average molecular weight is 272 g/mol. The highest BCUT2D eigenvalue weighted by Crippen LogP contribution is 2.36. The largest absolute Gasteiger partial charge is 0.311 e. The molecule has 0 aromatic heterocycles. The summed E-state index contributed by atoms with van der Waals surface area (Å²) in [5.41, 5.74) is 3.13. The zero-order chi connectivity index (χ0) is 14.2. The molecule has 1 aliphatic heterocycles. The van der Waals surface area contributed by atoms with Crippen LogP contribution >= 0.6 is 0 Å². The van der Waals surface area contributed by atoms with Gasteiger partial charge in [-0.3, -0.25) is 4.90 Å². The van der Waals surface area contributed by atoms with Gasteiger partial charge in [-0.1, -0.05) is 36.8 Å². The molecule has 1 saturated heterocycles. The molecule has 2 heteroatoms. The molecular formula is C18H28N2. The number of piperazine rings is 1. The molecule has 1 N–H and O–H groups in total. The molecule has 2 aliphatic rings. The Labute approximate surface area is 123 Å². The van der Waals surface area contributed by atoms with Crippen LogP contribution in [0.15, 0.2) is 24.3 Å². The highest BCUT2D eigenvalue weighted by molar-refractivity contribution is 5.22. The van der Waals surface area contributed by atoms with Crippen molar-refractivity contribution in [2.75, 3.05) is 13.1 Å². The molecule has 0 amide bonds. The fourth-order valence-electron chi connectivity index (χ4n) is 3.43. The topological polar surface area (TPSA) is 15.3 Å². The summed E-state index contributed by atoms with van der Waals surface area (Å²) in [5.74, 6) is 0.941. The molecule has 2 atom stereocenters. The van der Waals surface area contributed by atoms with Crippen molar-refractivity contribution in [2.45, 2.75) is 58.2 Å². The predicted octanol–water partition coefficient (Wildman–Crippen LogP) is 3.35. The molecule has 0 spiro atoms. The minimum atomic E-state index is 0.301. The number of aryl methyl sites for hydroxylation is 1. The molecule has 110 valence electrons. The smallest absolute Gasteiger partial charge is 0.0307 e. The van der Waals surface area contributed by atoms with Crippen molar-refractivity contribution in [2.24, 2.45) is 5.92 Å². The molecule has 20 heavy (non-hydrogen) atoms. The van der Waals surface area contributed by atoms with Crippen molar-refractivity contribution in [1.29, 1.82) is 0 Å². The minimum Gasteiger partial charge on any atom is -0.311 e. The van der Waals surface area contributed by atoms with Crippen molar-refractivity contribution in [1.82, 2.24) is 10.2 Å².